The van der Waals surface area contributed by atoms with E-state index in [4.69, 9.17) is 5.14 Å². The number of nitrogens with zero attached hydrogens (tertiary/aromatic N) is 1. The van der Waals surface area contributed by atoms with Crippen molar-refractivity contribution in [1.82, 2.24) is 4.90 Å². The number of carbonyl (C=O) groups is 1. The van der Waals surface area contributed by atoms with E-state index in [9.17, 15) is 13.2 Å². The van der Waals surface area contributed by atoms with Crippen LogP contribution in [0.2, 0.25) is 0 Å². The van der Waals surface area contributed by atoms with Crippen LogP contribution in [0.5, 0.6) is 0 Å². The Labute approximate surface area is 134 Å². The van der Waals surface area contributed by atoms with E-state index in [1.165, 1.54) is 12.1 Å². The van der Waals surface area contributed by atoms with Gasteiger partial charge in [-0.1, -0.05) is 29.8 Å². The molecule has 0 fully saturated rings. The molecule has 7 heteroatoms. The number of benzene rings is 1. The predicted octanol–water partition coefficient (Wildman–Crippen LogP) is 2.52. The van der Waals surface area contributed by atoms with Gasteiger partial charge < -0.3 is 4.90 Å². The number of hydrogen-bond acceptors (Lipinski definition) is 3. The average molecular weight is 377 g/mol. The maximum absolute atomic E-state index is 12.5. The molecule has 0 aromatic heterocycles. The monoisotopic (exact) mass is 376 g/mol. The number of nitrogens with two attached hydrogens (primary N) is 1. The van der Waals surface area contributed by atoms with E-state index in [1.54, 1.807) is 18.9 Å². The van der Waals surface area contributed by atoms with Crippen molar-refractivity contribution in [3.8, 4) is 0 Å². The average Bonchev–Trinajstić information content (AvgIpc) is 2.36. The Morgan fingerprint density at radius 1 is 1.38 bits per heavy atom. The SMILES string of the molecule is Cc1c(Br)cc(S(N)(=O)=O)cc1C(=O)N(C)CCC(C)C. The second kappa shape index (κ2) is 6.89. The lowest BCUT2D eigenvalue weighted by Gasteiger charge is -2.20. The second-order valence-electron chi connectivity index (χ2n) is 5.53. The molecule has 0 saturated carbocycles. The zero-order valence-corrected chi connectivity index (χ0v) is 15.1. The second-order valence-corrected chi connectivity index (χ2v) is 7.95. The van der Waals surface area contributed by atoms with E-state index in [1.807, 2.05) is 0 Å². The topological polar surface area (TPSA) is 80.5 Å². The molecule has 0 saturated heterocycles. The third-order valence-electron chi connectivity index (χ3n) is 3.27. The minimum absolute atomic E-state index is 0.0689. The molecule has 1 amide bonds. The van der Waals surface area contributed by atoms with Gasteiger partial charge in [-0.05, 0) is 37.0 Å². The highest BCUT2D eigenvalue weighted by Gasteiger charge is 2.20. The van der Waals surface area contributed by atoms with Crippen LogP contribution >= 0.6 is 15.9 Å². The number of primary sulfonamides is 1. The van der Waals surface area contributed by atoms with Crippen molar-refractivity contribution in [2.75, 3.05) is 13.6 Å². The molecule has 0 aliphatic rings. The Balaban J connectivity index is 3.17. The van der Waals surface area contributed by atoms with Crippen LogP contribution in [0.25, 0.3) is 0 Å². The normalized spacial score (nSPS) is 11.8. The van der Waals surface area contributed by atoms with Gasteiger partial charge in [0.05, 0.1) is 4.90 Å². The van der Waals surface area contributed by atoms with E-state index >= 15 is 0 Å². The van der Waals surface area contributed by atoms with E-state index in [0.29, 0.717) is 28.1 Å². The van der Waals surface area contributed by atoms with Crippen LogP contribution in [0.1, 0.15) is 36.2 Å². The lowest BCUT2D eigenvalue weighted by Crippen LogP contribution is -2.29. The van der Waals surface area contributed by atoms with Crippen molar-refractivity contribution in [3.63, 3.8) is 0 Å². The molecule has 0 unspecified atom stereocenters. The molecule has 1 rings (SSSR count). The van der Waals surface area contributed by atoms with E-state index in [0.717, 1.165) is 6.42 Å². The lowest BCUT2D eigenvalue weighted by atomic mass is 10.1. The summed E-state index contributed by atoms with van der Waals surface area (Å²) in [6.45, 7) is 6.55. The molecule has 21 heavy (non-hydrogen) atoms. The van der Waals surface area contributed by atoms with Crippen molar-refractivity contribution in [1.29, 1.82) is 0 Å². The van der Waals surface area contributed by atoms with Gasteiger partial charge in [-0.15, -0.1) is 0 Å². The van der Waals surface area contributed by atoms with Crippen LogP contribution < -0.4 is 5.14 Å². The van der Waals surface area contributed by atoms with Gasteiger partial charge in [-0.25, -0.2) is 13.6 Å². The molecular weight excluding hydrogens is 356 g/mol. The number of halogens is 1. The van der Waals surface area contributed by atoms with Gasteiger partial charge in [0.25, 0.3) is 5.91 Å². The summed E-state index contributed by atoms with van der Waals surface area (Å²) in [6.07, 6.45) is 0.886. The van der Waals surface area contributed by atoms with Crippen LogP contribution in [0.3, 0.4) is 0 Å². The molecule has 0 heterocycles. The van der Waals surface area contributed by atoms with Gasteiger partial charge in [0, 0.05) is 23.6 Å². The molecule has 0 radical (unpaired) electrons. The lowest BCUT2D eigenvalue weighted by molar-refractivity contribution is 0.0788. The standard InChI is InChI=1S/C14H21BrN2O3S/c1-9(2)5-6-17(4)14(18)12-7-11(21(16,19)20)8-13(15)10(12)3/h7-9H,5-6H2,1-4H3,(H2,16,19,20). The van der Waals surface area contributed by atoms with E-state index in [-0.39, 0.29) is 10.8 Å². The molecular formula is C14H21BrN2O3S. The maximum atomic E-state index is 12.5. The van der Waals surface area contributed by atoms with Crippen LogP contribution in [-0.4, -0.2) is 32.8 Å². The minimum Gasteiger partial charge on any atom is -0.342 e. The van der Waals surface area contributed by atoms with E-state index < -0.39 is 10.0 Å². The van der Waals surface area contributed by atoms with Gasteiger partial charge in [0.2, 0.25) is 10.0 Å². The van der Waals surface area contributed by atoms with Crippen LogP contribution in [-0.2, 0) is 10.0 Å². The maximum Gasteiger partial charge on any atom is 0.253 e. The van der Waals surface area contributed by atoms with Crippen LogP contribution in [0.15, 0.2) is 21.5 Å². The first kappa shape index (κ1) is 18.1. The first-order valence-corrected chi connectivity index (χ1v) is 8.96. The summed E-state index contributed by atoms with van der Waals surface area (Å²) in [4.78, 5) is 14.0. The Bertz CT molecular complexity index is 642. The van der Waals surface area contributed by atoms with Crippen molar-refractivity contribution in [2.45, 2.75) is 32.1 Å². The number of carbonyl (C=O) groups excluding carboxylic acids is 1. The summed E-state index contributed by atoms with van der Waals surface area (Å²) in [7, 11) is -2.14. The molecule has 0 atom stereocenters. The molecule has 1 aromatic rings. The van der Waals surface area contributed by atoms with Crippen LogP contribution in [0.4, 0.5) is 0 Å². The van der Waals surface area contributed by atoms with Gasteiger partial charge in [0.15, 0.2) is 0 Å². The van der Waals surface area contributed by atoms with Gasteiger partial charge in [-0.2, -0.15) is 0 Å². The quantitative estimate of drug-likeness (QED) is 0.856. The number of sulfonamides is 1. The smallest absolute Gasteiger partial charge is 0.253 e. The zero-order valence-electron chi connectivity index (χ0n) is 12.7. The summed E-state index contributed by atoms with van der Waals surface area (Å²) in [5.41, 5.74) is 1.04. The van der Waals surface area contributed by atoms with Crippen molar-refractivity contribution in [2.24, 2.45) is 11.1 Å². The molecule has 0 aliphatic heterocycles. The Morgan fingerprint density at radius 2 is 1.95 bits per heavy atom. The van der Waals surface area contributed by atoms with Crippen LogP contribution in [0, 0.1) is 12.8 Å². The third kappa shape index (κ3) is 4.79. The summed E-state index contributed by atoms with van der Waals surface area (Å²) < 4.78 is 23.5. The van der Waals surface area contributed by atoms with Gasteiger partial charge in [0.1, 0.15) is 0 Å². The molecule has 5 nitrogen and oxygen atoms in total. The highest BCUT2D eigenvalue weighted by molar-refractivity contribution is 9.10. The summed E-state index contributed by atoms with van der Waals surface area (Å²) in [5, 5.41) is 5.15. The number of hydrogen-bond donors (Lipinski definition) is 1. The minimum atomic E-state index is -3.85. The molecule has 118 valence electrons. The first-order valence-electron chi connectivity index (χ1n) is 6.62. The van der Waals surface area contributed by atoms with Crippen molar-refractivity contribution in [3.05, 3.63) is 27.7 Å². The Morgan fingerprint density at radius 3 is 2.43 bits per heavy atom. The Kier molecular flexibility index (Phi) is 5.95. The molecule has 2 N–H and O–H groups in total. The summed E-state index contributed by atoms with van der Waals surface area (Å²) in [6, 6.07) is 2.75. The van der Waals surface area contributed by atoms with Gasteiger partial charge in [-0.3, -0.25) is 4.79 Å². The molecule has 0 bridgehead atoms. The molecule has 0 spiro atoms. The fourth-order valence-corrected chi connectivity index (χ4v) is 2.98. The largest absolute Gasteiger partial charge is 0.342 e. The van der Waals surface area contributed by atoms with E-state index in [2.05, 4.69) is 29.8 Å². The highest BCUT2D eigenvalue weighted by atomic mass is 79.9. The first-order chi connectivity index (χ1) is 9.54. The highest BCUT2D eigenvalue weighted by Crippen LogP contribution is 2.25. The summed E-state index contributed by atoms with van der Waals surface area (Å²) in [5.74, 6) is 0.281. The molecule has 0 aliphatic carbocycles. The fraction of sp³-hybridized carbons (Fsp3) is 0.500. The van der Waals surface area contributed by atoms with Crippen molar-refractivity contribution >= 4 is 31.9 Å². The fourth-order valence-electron chi connectivity index (χ4n) is 1.80. The Hall–Kier alpha value is -0.920. The van der Waals surface area contributed by atoms with Crippen molar-refractivity contribution < 1.29 is 13.2 Å². The molecule has 1 aromatic carbocycles. The number of rotatable bonds is 5. The van der Waals surface area contributed by atoms with Gasteiger partial charge >= 0.3 is 0 Å². The summed E-state index contributed by atoms with van der Waals surface area (Å²) >= 11 is 3.28. The predicted molar refractivity (Wildman–Crippen MR) is 86.7 cm³/mol. The third-order valence-corrected chi connectivity index (χ3v) is 4.98. The zero-order chi connectivity index (χ0) is 16.4. The number of amides is 1.